The third-order valence-electron chi connectivity index (χ3n) is 3.95. The molecule has 3 heteroatoms. The highest BCUT2D eigenvalue weighted by molar-refractivity contribution is 5.57. The van der Waals surface area contributed by atoms with Gasteiger partial charge in [-0.3, -0.25) is 0 Å². The van der Waals surface area contributed by atoms with Gasteiger partial charge < -0.3 is 15.0 Å². The summed E-state index contributed by atoms with van der Waals surface area (Å²) in [5, 5.41) is 3.58. The molecule has 0 aliphatic carbocycles. The summed E-state index contributed by atoms with van der Waals surface area (Å²) in [4.78, 5) is 2.52. The van der Waals surface area contributed by atoms with Gasteiger partial charge >= 0.3 is 0 Å². The Bertz CT molecular complexity index is 388. The molecule has 1 N–H and O–H groups in total. The minimum absolute atomic E-state index is 0.593. The van der Waals surface area contributed by atoms with Gasteiger partial charge in [0.05, 0.1) is 6.61 Å². The van der Waals surface area contributed by atoms with E-state index >= 15 is 0 Å². The number of nitrogens with one attached hydrogen (secondary N) is 1. The highest BCUT2D eigenvalue weighted by Gasteiger charge is 2.18. The van der Waals surface area contributed by atoms with Gasteiger partial charge in [0.1, 0.15) is 0 Å². The molecule has 1 atom stereocenters. The highest BCUT2D eigenvalue weighted by atomic mass is 16.5. The van der Waals surface area contributed by atoms with Crippen LogP contribution in [0.25, 0.3) is 0 Å². The van der Waals surface area contributed by atoms with Crippen LogP contribution in [0.3, 0.4) is 0 Å². The molecule has 0 bridgehead atoms. The Morgan fingerprint density at radius 2 is 2.28 bits per heavy atom. The van der Waals surface area contributed by atoms with Crippen molar-refractivity contribution in [3.63, 3.8) is 0 Å². The van der Waals surface area contributed by atoms with Crippen molar-refractivity contribution in [2.45, 2.75) is 25.3 Å². The van der Waals surface area contributed by atoms with E-state index in [2.05, 4.69) is 34.5 Å². The van der Waals surface area contributed by atoms with Gasteiger partial charge in [0, 0.05) is 31.4 Å². The second-order valence-corrected chi connectivity index (χ2v) is 5.23. The van der Waals surface area contributed by atoms with Crippen LogP contribution in [-0.2, 0) is 11.2 Å². The van der Waals surface area contributed by atoms with E-state index in [1.54, 1.807) is 0 Å². The maximum atomic E-state index is 5.36. The highest BCUT2D eigenvalue weighted by Crippen LogP contribution is 2.27. The van der Waals surface area contributed by atoms with Crippen LogP contribution in [-0.4, -0.2) is 38.9 Å². The quantitative estimate of drug-likeness (QED) is 0.802. The van der Waals surface area contributed by atoms with Gasteiger partial charge in [0.2, 0.25) is 0 Å². The number of nitrogens with zero attached hydrogens (tertiary/aromatic N) is 1. The fourth-order valence-electron chi connectivity index (χ4n) is 2.91. The molecule has 0 saturated carbocycles. The van der Waals surface area contributed by atoms with E-state index < -0.39 is 0 Å². The minimum Gasteiger partial charge on any atom is -0.380 e. The van der Waals surface area contributed by atoms with Crippen LogP contribution in [0.2, 0.25) is 0 Å². The first-order chi connectivity index (χ1) is 8.93. The number of hydrogen-bond acceptors (Lipinski definition) is 3. The summed E-state index contributed by atoms with van der Waals surface area (Å²) in [6.45, 7) is 5.28. The lowest BCUT2D eigenvalue weighted by atomic mass is 10.2. The normalized spacial score (nSPS) is 22.4. The number of hydrogen-bond donors (Lipinski definition) is 1. The van der Waals surface area contributed by atoms with Crippen LogP contribution >= 0.6 is 0 Å². The van der Waals surface area contributed by atoms with Crippen LogP contribution < -0.4 is 10.2 Å². The summed E-state index contributed by atoms with van der Waals surface area (Å²) in [6, 6.07) is 9.38. The first kappa shape index (κ1) is 12.0. The third-order valence-corrected chi connectivity index (χ3v) is 3.95. The molecule has 0 amide bonds. The fraction of sp³-hybridized carbons (Fsp3) is 0.600. The number of para-hydroxylation sites is 1. The van der Waals surface area contributed by atoms with E-state index in [4.69, 9.17) is 4.74 Å². The zero-order valence-electron chi connectivity index (χ0n) is 10.9. The van der Waals surface area contributed by atoms with Crippen molar-refractivity contribution in [3.05, 3.63) is 29.8 Å². The maximum absolute atomic E-state index is 5.36. The molecule has 1 saturated heterocycles. The molecule has 3 rings (SSSR count). The standard InChI is InChI=1S/C15H22N2O/c1-2-5-15-13(4-1)6-10-17(15)9-3-8-16-14-7-11-18-12-14/h1-2,4-5,14,16H,3,6-12H2. The molecule has 1 fully saturated rings. The Morgan fingerprint density at radius 3 is 3.17 bits per heavy atom. The molecular weight excluding hydrogens is 224 g/mol. The van der Waals surface area contributed by atoms with Crippen molar-refractivity contribution in [2.24, 2.45) is 0 Å². The first-order valence-corrected chi connectivity index (χ1v) is 7.07. The van der Waals surface area contributed by atoms with E-state index in [1.807, 2.05) is 0 Å². The number of rotatable bonds is 5. The molecule has 1 aromatic carbocycles. The molecule has 1 unspecified atom stereocenters. The number of ether oxygens (including phenoxy) is 1. The molecular formula is C15H22N2O. The smallest absolute Gasteiger partial charge is 0.0620 e. The largest absolute Gasteiger partial charge is 0.380 e. The predicted octanol–water partition coefficient (Wildman–Crippen LogP) is 1.82. The van der Waals surface area contributed by atoms with Crippen molar-refractivity contribution in [1.29, 1.82) is 0 Å². The zero-order chi connectivity index (χ0) is 12.2. The summed E-state index contributed by atoms with van der Waals surface area (Å²) in [7, 11) is 0. The fourth-order valence-corrected chi connectivity index (χ4v) is 2.91. The van der Waals surface area contributed by atoms with Crippen molar-refractivity contribution in [2.75, 3.05) is 37.7 Å². The van der Waals surface area contributed by atoms with Crippen LogP contribution in [0.15, 0.2) is 24.3 Å². The summed E-state index contributed by atoms with van der Waals surface area (Å²) >= 11 is 0. The van der Waals surface area contributed by atoms with Gasteiger partial charge in [-0.2, -0.15) is 0 Å². The van der Waals surface area contributed by atoms with Crippen LogP contribution in [0.1, 0.15) is 18.4 Å². The molecule has 3 nitrogen and oxygen atoms in total. The lowest BCUT2D eigenvalue weighted by Gasteiger charge is -2.20. The van der Waals surface area contributed by atoms with Gasteiger partial charge in [-0.1, -0.05) is 18.2 Å². The van der Waals surface area contributed by atoms with Crippen molar-refractivity contribution in [1.82, 2.24) is 5.32 Å². The van der Waals surface area contributed by atoms with E-state index in [1.165, 1.54) is 37.1 Å². The van der Waals surface area contributed by atoms with Gasteiger partial charge in [-0.15, -0.1) is 0 Å². The van der Waals surface area contributed by atoms with Gasteiger partial charge in [0.25, 0.3) is 0 Å². The Balaban J connectivity index is 1.41. The molecule has 1 aromatic rings. The van der Waals surface area contributed by atoms with Gasteiger partial charge in [0.15, 0.2) is 0 Å². The van der Waals surface area contributed by atoms with Gasteiger partial charge in [-0.05, 0) is 37.4 Å². The molecule has 2 aliphatic rings. The molecule has 0 aromatic heterocycles. The Morgan fingerprint density at radius 1 is 1.33 bits per heavy atom. The average molecular weight is 246 g/mol. The lowest BCUT2D eigenvalue weighted by molar-refractivity contribution is 0.190. The van der Waals surface area contributed by atoms with Crippen molar-refractivity contribution in [3.8, 4) is 0 Å². The van der Waals surface area contributed by atoms with Crippen LogP contribution in [0.4, 0.5) is 5.69 Å². The number of anilines is 1. The van der Waals surface area contributed by atoms with Crippen molar-refractivity contribution >= 4 is 5.69 Å². The molecule has 2 aliphatic heterocycles. The van der Waals surface area contributed by atoms with Gasteiger partial charge in [-0.25, -0.2) is 0 Å². The lowest BCUT2D eigenvalue weighted by Crippen LogP contribution is -2.32. The number of fused-ring (bicyclic) bond motifs is 1. The number of benzene rings is 1. The monoisotopic (exact) mass is 246 g/mol. The van der Waals surface area contributed by atoms with E-state index in [9.17, 15) is 0 Å². The third kappa shape index (κ3) is 2.68. The van der Waals surface area contributed by atoms with E-state index in [-0.39, 0.29) is 0 Å². The Hall–Kier alpha value is -1.06. The topological polar surface area (TPSA) is 24.5 Å². The molecule has 0 radical (unpaired) electrons. The summed E-state index contributed by atoms with van der Waals surface area (Å²) < 4.78 is 5.36. The summed E-state index contributed by atoms with van der Waals surface area (Å²) in [6.07, 6.45) is 3.59. The maximum Gasteiger partial charge on any atom is 0.0620 e. The van der Waals surface area contributed by atoms with Crippen molar-refractivity contribution < 1.29 is 4.74 Å². The second kappa shape index (κ2) is 5.72. The van der Waals surface area contributed by atoms with Crippen LogP contribution in [0, 0.1) is 0 Å². The predicted molar refractivity (Wildman–Crippen MR) is 74.2 cm³/mol. The molecule has 2 heterocycles. The SMILES string of the molecule is c1ccc2c(c1)CCN2CCCNC1CCOC1. The summed E-state index contributed by atoms with van der Waals surface area (Å²) in [5.41, 5.74) is 2.95. The first-order valence-electron chi connectivity index (χ1n) is 7.07. The van der Waals surface area contributed by atoms with E-state index in [0.29, 0.717) is 6.04 Å². The Kier molecular flexibility index (Phi) is 3.81. The Labute approximate surface area is 109 Å². The second-order valence-electron chi connectivity index (χ2n) is 5.23. The van der Waals surface area contributed by atoms with E-state index in [0.717, 1.165) is 26.3 Å². The van der Waals surface area contributed by atoms with Crippen LogP contribution in [0.5, 0.6) is 0 Å². The average Bonchev–Trinajstić information content (AvgIpc) is 3.04. The molecule has 18 heavy (non-hydrogen) atoms. The minimum atomic E-state index is 0.593. The molecule has 98 valence electrons. The molecule has 0 spiro atoms. The summed E-state index contributed by atoms with van der Waals surface area (Å²) in [5.74, 6) is 0. The zero-order valence-corrected chi connectivity index (χ0v) is 10.9.